The molecule has 1 atom stereocenters. The van der Waals surface area contributed by atoms with Crippen LogP contribution in [0.15, 0.2) is 54.9 Å². The highest BCUT2D eigenvalue weighted by molar-refractivity contribution is 6.32. The van der Waals surface area contributed by atoms with Crippen molar-refractivity contribution in [3.05, 3.63) is 71.1 Å². The SMILES string of the molecule is CC[C@@H]1CCN(c2ccc3c(c2)Cn2c(cc(-c4ccc(C#N)cc4)c2Cl)-c2nncn2-3)C1. The van der Waals surface area contributed by atoms with E-state index in [0.29, 0.717) is 17.3 Å². The van der Waals surface area contributed by atoms with Gasteiger partial charge in [0.25, 0.3) is 0 Å². The second-order valence-corrected chi connectivity index (χ2v) is 9.21. The summed E-state index contributed by atoms with van der Waals surface area (Å²) in [7, 11) is 0. The number of hydrogen-bond donors (Lipinski definition) is 0. The average molecular weight is 455 g/mol. The van der Waals surface area contributed by atoms with Gasteiger partial charge in [-0.05, 0) is 59.9 Å². The van der Waals surface area contributed by atoms with Crippen LogP contribution in [0.4, 0.5) is 5.69 Å². The van der Waals surface area contributed by atoms with Crippen molar-refractivity contribution in [1.29, 1.82) is 5.26 Å². The van der Waals surface area contributed by atoms with Crippen LogP contribution in [0.3, 0.4) is 0 Å². The predicted octanol–water partition coefficient (Wildman–Crippen LogP) is 5.53. The molecule has 6 rings (SSSR count). The fraction of sp³-hybridized carbons (Fsp3) is 0.269. The van der Waals surface area contributed by atoms with Crippen LogP contribution in [0, 0.1) is 17.2 Å². The zero-order chi connectivity index (χ0) is 22.5. The quantitative estimate of drug-likeness (QED) is 0.360. The maximum atomic E-state index is 9.12. The van der Waals surface area contributed by atoms with E-state index < -0.39 is 0 Å². The first-order valence-electron chi connectivity index (χ1n) is 11.3. The third-order valence-electron chi connectivity index (χ3n) is 7.01. The molecule has 1 fully saturated rings. The Hall–Kier alpha value is -3.56. The van der Waals surface area contributed by atoms with Gasteiger partial charge >= 0.3 is 0 Å². The summed E-state index contributed by atoms with van der Waals surface area (Å²) >= 11 is 6.96. The van der Waals surface area contributed by atoms with Gasteiger partial charge in [0.05, 0.1) is 29.6 Å². The van der Waals surface area contributed by atoms with Crippen LogP contribution in [-0.4, -0.2) is 32.4 Å². The summed E-state index contributed by atoms with van der Waals surface area (Å²) in [6.45, 7) is 5.15. The number of benzene rings is 2. The lowest BCUT2D eigenvalue weighted by atomic mass is 10.1. The number of hydrogen-bond acceptors (Lipinski definition) is 4. The number of rotatable bonds is 3. The van der Waals surface area contributed by atoms with E-state index in [-0.39, 0.29) is 0 Å². The zero-order valence-corrected chi connectivity index (χ0v) is 19.1. The van der Waals surface area contributed by atoms with Crippen molar-refractivity contribution in [2.45, 2.75) is 26.3 Å². The van der Waals surface area contributed by atoms with Gasteiger partial charge < -0.3 is 9.47 Å². The van der Waals surface area contributed by atoms with Crippen LogP contribution < -0.4 is 4.90 Å². The minimum atomic E-state index is 0.629. The van der Waals surface area contributed by atoms with E-state index in [1.54, 1.807) is 6.33 Å². The summed E-state index contributed by atoms with van der Waals surface area (Å²) in [4.78, 5) is 2.49. The lowest BCUT2D eigenvalue weighted by molar-refractivity contribution is 0.569. The van der Waals surface area contributed by atoms with Crippen LogP contribution >= 0.6 is 11.6 Å². The Morgan fingerprint density at radius 3 is 2.76 bits per heavy atom. The molecule has 1 saturated heterocycles. The molecular weight excluding hydrogens is 432 g/mol. The summed E-state index contributed by atoms with van der Waals surface area (Å²) in [6.07, 6.45) is 4.26. The van der Waals surface area contributed by atoms with E-state index in [9.17, 15) is 0 Å². The molecule has 0 bridgehead atoms. The lowest BCUT2D eigenvalue weighted by Crippen LogP contribution is -2.20. The topological polar surface area (TPSA) is 62.7 Å². The Balaban J connectivity index is 1.45. The molecule has 0 unspecified atom stereocenters. The molecule has 4 heterocycles. The van der Waals surface area contributed by atoms with Crippen molar-refractivity contribution in [3.8, 4) is 34.4 Å². The van der Waals surface area contributed by atoms with Gasteiger partial charge in [0.1, 0.15) is 11.5 Å². The van der Waals surface area contributed by atoms with Crippen LogP contribution in [0.2, 0.25) is 5.15 Å². The molecule has 2 aliphatic heterocycles. The first kappa shape index (κ1) is 20.1. The molecule has 2 aromatic heterocycles. The van der Waals surface area contributed by atoms with Crippen LogP contribution in [0.5, 0.6) is 0 Å². The fourth-order valence-electron chi connectivity index (χ4n) is 5.08. The third-order valence-corrected chi connectivity index (χ3v) is 7.42. The van der Waals surface area contributed by atoms with Gasteiger partial charge in [-0.25, -0.2) is 0 Å². The van der Waals surface area contributed by atoms with Crippen molar-refractivity contribution in [2.24, 2.45) is 5.92 Å². The van der Waals surface area contributed by atoms with Gasteiger partial charge in [-0.2, -0.15) is 5.26 Å². The maximum Gasteiger partial charge on any atom is 0.185 e. The molecule has 2 aliphatic rings. The molecule has 0 N–H and O–H groups in total. The minimum absolute atomic E-state index is 0.629. The zero-order valence-electron chi connectivity index (χ0n) is 18.4. The molecule has 164 valence electrons. The van der Waals surface area contributed by atoms with Gasteiger partial charge in [-0.15, -0.1) is 10.2 Å². The minimum Gasteiger partial charge on any atom is -0.371 e. The van der Waals surface area contributed by atoms with Gasteiger partial charge in [0, 0.05) is 24.3 Å². The Morgan fingerprint density at radius 1 is 1.15 bits per heavy atom. The van der Waals surface area contributed by atoms with Crippen molar-refractivity contribution >= 4 is 17.3 Å². The second-order valence-electron chi connectivity index (χ2n) is 8.86. The number of nitriles is 1. The van der Waals surface area contributed by atoms with Crippen molar-refractivity contribution in [3.63, 3.8) is 0 Å². The molecule has 0 radical (unpaired) electrons. The fourth-order valence-corrected chi connectivity index (χ4v) is 5.39. The summed E-state index contributed by atoms with van der Waals surface area (Å²) in [5.41, 5.74) is 7.00. The summed E-state index contributed by atoms with van der Waals surface area (Å²) in [6, 6.07) is 18.4. The molecule has 2 aromatic carbocycles. The Labute approximate surface area is 197 Å². The number of anilines is 1. The third kappa shape index (κ3) is 3.23. The monoisotopic (exact) mass is 454 g/mol. The van der Waals surface area contributed by atoms with E-state index >= 15 is 0 Å². The van der Waals surface area contributed by atoms with Gasteiger partial charge in [0.2, 0.25) is 0 Å². The second kappa shape index (κ2) is 7.79. The Morgan fingerprint density at radius 2 is 2.00 bits per heavy atom. The molecule has 6 nitrogen and oxygen atoms in total. The predicted molar refractivity (Wildman–Crippen MR) is 130 cm³/mol. The summed E-state index contributed by atoms with van der Waals surface area (Å²) in [5.74, 6) is 1.55. The number of aromatic nitrogens is 4. The highest BCUT2D eigenvalue weighted by Crippen LogP contribution is 2.40. The number of halogens is 1. The first-order valence-corrected chi connectivity index (χ1v) is 11.7. The number of fused-ring (bicyclic) bond motifs is 5. The largest absolute Gasteiger partial charge is 0.371 e. The van der Waals surface area contributed by atoms with E-state index in [2.05, 4.69) is 61.5 Å². The Kier molecular flexibility index (Phi) is 4.74. The highest BCUT2D eigenvalue weighted by Gasteiger charge is 2.27. The molecular formula is C26H23ClN6. The molecule has 0 amide bonds. The molecule has 0 spiro atoms. The molecule has 7 heteroatoms. The van der Waals surface area contributed by atoms with Gasteiger partial charge in [0.15, 0.2) is 5.82 Å². The van der Waals surface area contributed by atoms with Crippen LogP contribution in [-0.2, 0) is 6.54 Å². The maximum absolute atomic E-state index is 9.12. The van der Waals surface area contributed by atoms with Gasteiger partial charge in [-0.3, -0.25) is 4.57 Å². The van der Waals surface area contributed by atoms with E-state index in [4.69, 9.17) is 16.9 Å². The van der Waals surface area contributed by atoms with Gasteiger partial charge in [-0.1, -0.05) is 37.1 Å². The molecule has 0 saturated carbocycles. The summed E-state index contributed by atoms with van der Waals surface area (Å²) < 4.78 is 4.17. The van der Waals surface area contributed by atoms with E-state index in [1.807, 2.05) is 24.3 Å². The number of nitrogens with zero attached hydrogens (tertiary/aromatic N) is 6. The molecule has 4 aromatic rings. The smallest absolute Gasteiger partial charge is 0.185 e. The average Bonchev–Trinajstić information content (AvgIpc) is 3.57. The van der Waals surface area contributed by atoms with E-state index in [0.717, 1.165) is 47.3 Å². The highest BCUT2D eigenvalue weighted by atomic mass is 35.5. The van der Waals surface area contributed by atoms with Crippen molar-refractivity contribution in [1.82, 2.24) is 19.3 Å². The van der Waals surface area contributed by atoms with Crippen molar-refractivity contribution in [2.75, 3.05) is 18.0 Å². The molecule has 33 heavy (non-hydrogen) atoms. The van der Waals surface area contributed by atoms with E-state index in [1.165, 1.54) is 24.1 Å². The van der Waals surface area contributed by atoms with Crippen LogP contribution in [0.1, 0.15) is 30.9 Å². The first-order chi connectivity index (χ1) is 16.2. The lowest BCUT2D eigenvalue weighted by Gasteiger charge is -2.21. The standard InChI is InChI=1S/C26H23ClN6/c1-2-17-9-10-31(14-17)21-7-8-23-20(11-21)15-32-24(26-30-29-16-33(23)26)12-22(25(32)27)19-5-3-18(13-28)4-6-19/h3-8,11-12,16-17H,2,9-10,14-15H2,1H3/t17-/m1/s1. The van der Waals surface area contributed by atoms with Crippen LogP contribution in [0.25, 0.3) is 28.3 Å². The Bertz CT molecular complexity index is 1390. The molecule has 0 aliphatic carbocycles. The normalized spacial score (nSPS) is 16.6. The van der Waals surface area contributed by atoms with Crippen molar-refractivity contribution < 1.29 is 0 Å². The summed E-state index contributed by atoms with van der Waals surface area (Å²) in [5, 5.41) is 18.4.